The summed E-state index contributed by atoms with van der Waals surface area (Å²) >= 11 is 0. The number of benzene rings is 1. The van der Waals surface area contributed by atoms with Crippen molar-refractivity contribution >= 4 is 16.9 Å². The SMILES string of the molecule is Cn1c(=O)n(CCC(=O)N2CCC(CN3CCOCC3)CC2)c2ccccc21. The summed E-state index contributed by atoms with van der Waals surface area (Å²) in [7, 11) is 1.78. The maximum atomic E-state index is 12.7. The number of amides is 1. The third kappa shape index (κ3) is 4.00. The number of nitrogens with zero attached hydrogens (tertiary/aromatic N) is 4. The van der Waals surface area contributed by atoms with Crippen LogP contribution in [0.25, 0.3) is 11.0 Å². The van der Waals surface area contributed by atoms with Crippen LogP contribution in [0.2, 0.25) is 0 Å². The Morgan fingerprint density at radius 2 is 1.75 bits per heavy atom. The van der Waals surface area contributed by atoms with E-state index in [1.165, 1.54) is 0 Å². The Morgan fingerprint density at radius 1 is 1.07 bits per heavy atom. The first-order chi connectivity index (χ1) is 13.6. The summed E-state index contributed by atoms with van der Waals surface area (Å²) in [5, 5.41) is 0. The molecule has 4 rings (SSSR count). The average molecular weight is 386 g/mol. The largest absolute Gasteiger partial charge is 0.379 e. The molecule has 1 amide bonds. The van der Waals surface area contributed by atoms with Crippen molar-refractivity contribution in [2.24, 2.45) is 13.0 Å². The number of fused-ring (bicyclic) bond motifs is 1. The fourth-order valence-electron chi connectivity index (χ4n) is 4.46. The lowest BCUT2D eigenvalue weighted by molar-refractivity contribution is -0.132. The summed E-state index contributed by atoms with van der Waals surface area (Å²) < 4.78 is 8.79. The van der Waals surface area contributed by atoms with E-state index in [-0.39, 0.29) is 11.6 Å². The highest BCUT2D eigenvalue weighted by atomic mass is 16.5. The van der Waals surface area contributed by atoms with Gasteiger partial charge in [-0.25, -0.2) is 4.79 Å². The highest BCUT2D eigenvalue weighted by molar-refractivity contribution is 5.78. The number of hydrogen-bond acceptors (Lipinski definition) is 4. The van der Waals surface area contributed by atoms with Crippen molar-refractivity contribution in [2.45, 2.75) is 25.8 Å². The molecule has 2 saturated heterocycles. The standard InChI is InChI=1S/C21H30N4O3/c1-22-18-4-2-3-5-19(18)25(21(22)27)11-8-20(26)24-9-6-17(7-10-24)16-23-12-14-28-15-13-23/h2-5,17H,6-16H2,1H3. The van der Waals surface area contributed by atoms with Gasteiger partial charge in [0.05, 0.1) is 24.2 Å². The van der Waals surface area contributed by atoms with Crippen LogP contribution in [0.5, 0.6) is 0 Å². The minimum absolute atomic E-state index is 0.0572. The second-order valence-electron chi connectivity index (χ2n) is 7.97. The Hall–Kier alpha value is -2.12. The summed E-state index contributed by atoms with van der Waals surface area (Å²) in [6.07, 6.45) is 2.51. The summed E-state index contributed by atoms with van der Waals surface area (Å²) in [6, 6.07) is 7.74. The van der Waals surface area contributed by atoms with E-state index in [0.29, 0.717) is 18.9 Å². The molecule has 0 spiro atoms. The van der Waals surface area contributed by atoms with Gasteiger partial charge in [0, 0.05) is 52.7 Å². The van der Waals surface area contributed by atoms with Gasteiger partial charge in [-0.1, -0.05) is 12.1 Å². The summed E-state index contributed by atoms with van der Waals surface area (Å²) in [6.45, 7) is 6.95. The fraction of sp³-hybridized carbons (Fsp3) is 0.619. The number of carbonyl (C=O) groups excluding carboxylic acids is 1. The van der Waals surface area contributed by atoms with E-state index in [2.05, 4.69) is 4.90 Å². The molecule has 0 N–H and O–H groups in total. The number of aryl methyl sites for hydroxylation is 2. The van der Waals surface area contributed by atoms with Gasteiger partial charge in [-0.3, -0.25) is 18.8 Å². The molecular formula is C21H30N4O3. The number of carbonyl (C=O) groups is 1. The molecule has 7 nitrogen and oxygen atoms in total. The molecule has 2 aliphatic rings. The summed E-state index contributed by atoms with van der Waals surface area (Å²) in [4.78, 5) is 29.7. The monoisotopic (exact) mass is 386 g/mol. The Bertz CT molecular complexity index is 873. The van der Waals surface area contributed by atoms with Gasteiger partial charge < -0.3 is 9.64 Å². The maximum absolute atomic E-state index is 12.7. The van der Waals surface area contributed by atoms with Gasteiger partial charge in [-0.05, 0) is 30.9 Å². The van der Waals surface area contributed by atoms with Crippen LogP contribution in [-0.4, -0.2) is 70.8 Å². The second-order valence-corrected chi connectivity index (χ2v) is 7.97. The zero-order valence-electron chi connectivity index (χ0n) is 16.7. The quantitative estimate of drug-likeness (QED) is 0.777. The lowest BCUT2D eigenvalue weighted by Gasteiger charge is -2.36. The molecule has 0 unspecified atom stereocenters. The zero-order valence-corrected chi connectivity index (χ0v) is 16.7. The topological polar surface area (TPSA) is 59.7 Å². The molecule has 7 heteroatoms. The summed E-state index contributed by atoms with van der Waals surface area (Å²) in [5.41, 5.74) is 1.74. The van der Waals surface area contributed by atoms with Crippen molar-refractivity contribution < 1.29 is 9.53 Å². The normalized spacial score (nSPS) is 19.4. The molecule has 0 bridgehead atoms. The number of ether oxygens (including phenoxy) is 1. The maximum Gasteiger partial charge on any atom is 0.328 e. The smallest absolute Gasteiger partial charge is 0.328 e. The van der Waals surface area contributed by atoms with Crippen molar-refractivity contribution in [3.63, 3.8) is 0 Å². The number of para-hydroxylation sites is 2. The van der Waals surface area contributed by atoms with Crippen LogP contribution < -0.4 is 5.69 Å². The molecule has 1 aromatic carbocycles. The Morgan fingerprint density at radius 3 is 2.46 bits per heavy atom. The van der Waals surface area contributed by atoms with Gasteiger partial charge in [0.1, 0.15) is 0 Å². The van der Waals surface area contributed by atoms with Crippen LogP contribution in [-0.2, 0) is 23.1 Å². The number of piperidine rings is 1. The number of rotatable bonds is 5. The van der Waals surface area contributed by atoms with Crippen molar-refractivity contribution in [1.29, 1.82) is 0 Å². The predicted molar refractivity (Wildman–Crippen MR) is 108 cm³/mol. The molecule has 0 atom stereocenters. The van der Waals surface area contributed by atoms with Crippen LogP contribution in [0.3, 0.4) is 0 Å². The first-order valence-electron chi connectivity index (χ1n) is 10.4. The molecule has 2 aliphatic heterocycles. The summed E-state index contributed by atoms with van der Waals surface area (Å²) in [5.74, 6) is 0.826. The predicted octanol–water partition coefficient (Wildman–Crippen LogP) is 1.30. The molecule has 152 valence electrons. The Kier molecular flexibility index (Phi) is 5.82. The molecule has 28 heavy (non-hydrogen) atoms. The number of aromatic nitrogens is 2. The minimum Gasteiger partial charge on any atom is -0.379 e. The van der Waals surface area contributed by atoms with Crippen LogP contribution >= 0.6 is 0 Å². The zero-order chi connectivity index (χ0) is 19.5. The molecule has 0 saturated carbocycles. The third-order valence-corrected chi connectivity index (χ3v) is 6.19. The van der Waals surface area contributed by atoms with Crippen LogP contribution in [0.15, 0.2) is 29.1 Å². The fourth-order valence-corrected chi connectivity index (χ4v) is 4.46. The van der Waals surface area contributed by atoms with Gasteiger partial charge >= 0.3 is 5.69 Å². The molecule has 0 radical (unpaired) electrons. The van der Waals surface area contributed by atoms with Gasteiger partial charge in [-0.2, -0.15) is 0 Å². The van der Waals surface area contributed by atoms with E-state index in [9.17, 15) is 9.59 Å². The van der Waals surface area contributed by atoms with Gasteiger partial charge in [-0.15, -0.1) is 0 Å². The molecular weight excluding hydrogens is 356 g/mol. The number of hydrogen-bond donors (Lipinski definition) is 0. The van der Waals surface area contributed by atoms with Crippen LogP contribution in [0, 0.1) is 5.92 Å². The molecule has 1 aromatic heterocycles. The number of likely N-dealkylation sites (tertiary alicyclic amines) is 1. The first-order valence-corrected chi connectivity index (χ1v) is 10.4. The highest BCUT2D eigenvalue weighted by Gasteiger charge is 2.25. The van der Waals surface area contributed by atoms with Gasteiger partial charge in [0.15, 0.2) is 0 Å². The lowest BCUT2D eigenvalue weighted by Crippen LogP contribution is -2.44. The van der Waals surface area contributed by atoms with Gasteiger partial charge in [0.25, 0.3) is 0 Å². The third-order valence-electron chi connectivity index (χ3n) is 6.19. The number of morpholine rings is 1. The highest BCUT2D eigenvalue weighted by Crippen LogP contribution is 2.20. The van der Waals surface area contributed by atoms with E-state index in [1.54, 1.807) is 16.2 Å². The average Bonchev–Trinajstić information content (AvgIpc) is 2.98. The van der Waals surface area contributed by atoms with E-state index in [4.69, 9.17) is 4.74 Å². The minimum atomic E-state index is -0.0572. The van der Waals surface area contributed by atoms with Crippen molar-refractivity contribution in [3.8, 4) is 0 Å². The molecule has 0 aliphatic carbocycles. The molecule has 3 heterocycles. The van der Waals surface area contributed by atoms with Gasteiger partial charge in [0.2, 0.25) is 5.91 Å². The van der Waals surface area contributed by atoms with E-state index < -0.39 is 0 Å². The van der Waals surface area contributed by atoms with Crippen molar-refractivity contribution in [3.05, 3.63) is 34.7 Å². The molecule has 2 aromatic rings. The van der Waals surface area contributed by atoms with Crippen molar-refractivity contribution in [1.82, 2.24) is 18.9 Å². The number of imidazole rings is 1. The second kappa shape index (κ2) is 8.49. The molecule has 2 fully saturated rings. The van der Waals surface area contributed by atoms with E-state index in [1.807, 2.05) is 29.2 Å². The first kappa shape index (κ1) is 19.2. The van der Waals surface area contributed by atoms with Crippen LogP contribution in [0.1, 0.15) is 19.3 Å². The van der Waals surface area contributed by atoms with E-state index in [0.717, 1.165) is 69.8 Å². The lowest BCUT2D eigenvalue weighted by atomic mass is 9.96. The van der Waals surface area contributed by atoms with E-state index >= 15 is 0 Å². The Labute approximate surface area is 165 Å². The van der Waals surface area contributed by atoms with Crippen molar-refractivity contribution in [2.75, 3.05) is 45.9 Å². The van der Waals surface area contributed by atoms with Crippen LogP contribution in [0.4, 0.5) is 0 Å². The Balaban J connectivity index is 1.30.